The highest BCUT2D eigenvalue weighted by Crippen LogP contribution is 2.23. The van der Waals surface area contributed by atoms with Crippen LogP contribution in [0.5, 0.6) is 0 Å². The number of aromatic nitrogens is 2. The van der Waals surface area contributed by atoms with Gasteiger partial charge in [-0.05, 0) is 49.2 Å². The van der Waals surface area contributed by atoms with Crippen molar-refractivity contribution in [2.24, 2.45) is 11.7 Å². The number of nitrogens with two attached hydrogens (primary N) is 1. The van der Waals surface area contributed by atoms with Gasteiger partial charge in [0.1, 0.15) is 0 Å². The number of anilines is 2. The zero-order valence-corrected chi connectivity index (χ0v) is 14.2. The van der Waals surface area contributed by atoms with Gasteiger partial charge in [-0.3, -0.25) is 9.59 Å². The lowest BCUT2D eigenvalue weighted by atomic mass is 9.97. The standard InChI is InChI=1S/C17H18ClN5O2/c18-14-7-8-15(22-21-14)23-9-1-2-12(10-23)17(25)20-13-5-3-11(4-6-13)16(19)24/h3-8,12H,1-2,9-10H2,(H2,19,24)(H,20,25)/t12-/m0/s1. The zero-order chi connectivity index (χ0) is 17.8. The number of carbonyl (C=O) groups is 2. The summed E-state index contributed by atoms with van der Waals surface area (Å²) in [4.78, 5) is 25.6. The molecule has 8 heteroatoms. The summed E-state index contributed by atoms with van der Waals surface area (Å²) in [5.74, 6) is 0.0121. The van der Waals surface area contributed by atoms with Crippen LogP contribution in [0, 0.1) is 5.92 Å². The van der Waals surface area contributed by atoms with E-state index in [9.17, 15) is 9.59 Å². The molecule has 25 heavy (non-hydrogen) atoms. The monoisotopic (exact) mass is 359 g/mol. The molecule has 1 saturated heterocycles. The van der Waals surface area contributed by atoms with Crippen molar-refractivity contribution in [3.63, 3.8) is 0 Å². The van der Waals surface area contributed by atoms with Crippen LogP contribution in [-0.2, 0) is 4.79 Å². The van der Waals surface area contributed by atoms with Crippen LogP contribution in [0.2, 0.25) is 5.15 Å². The second kappa shape index (κ2) is 7.48. The minimum atomic E-state index is -0.495. The number of nitrogens with zero attached hydrogens (tertiary/aromatic N) is 3. The molecular formula is C17H18ClN5O2. The molecule has 3 rings (SSSR count). The zero-order valence-electron chi connectivity index (χ0n) is 13.5. The lowest BCUT2D eigenvalue weighted by molar-refractivity contribution is -0.120. The molecule has 1 fully saturated rings. The average molecular weight is 360 g/mol. The Balaban J connectivity index is 1.63. The highest BCUT2D eigenvalue weighted by atomic mass is 35.5. The summed E-state index contributed by atoms with van der Waals surface area (Å²) in [6.45, 7) is 1.40. The lowest BCUT2D eigenvalue weighted by Gasteiger charge is -2.32. The number of nitrogens with one attached hydrogen (secondary N) is 1. The molecule has 3 N–H and O–H groups in total. The molecule has 0 bridgehead atoms. The van der Waals surface area contributed by atoms with E-state index < -0.39 is 5.91 Å². The third-order valence-electron chi connectivity index (χ3n) is 4.17. The fourth-order valence-corrected chi connectivity index (χ4v) is 2.94. The molecule has 1 aromatic heterocycles. The van der Waals surface area contributed by atoms with E-state index in [1.54, 1.807) is 36.4 Å². The number of amides is 2. The first-order valence-corrected chi connectivity index (χ1v) is 8.35. The van der Waals surface area contributed by atoms with Crippen LogP contribution in [0.15, 0.2) is 36.4 Å². The van der Waals surface area contributed by atoms with Crippen molar-refractivity contribution in [1.29, 1.82) is 0 Å². The van der Waals surface area contributed by atoms with E-state index in [0.717, 1.165) is 19.4 Å². The molecule has 130 valence electrons. The molecular weight excluding hydrogens is 342 g/mol. The molecule has 0 aliphatic carbocycles. The minimum absolute atomic E-state index is 0.0570. The minimum Gasteiger partial charge on any atom is -0.366 e. The van der Waals surface area contributed by atoms with Crippen LogP contribution in [0.4, 0.5) is 11.5 Å². The van der Waals surface area contributed by atoms with Gasteiger partial charge in [0.25, 0.3) is 0 Å². The van der Waals surface area contributed by atoms with Gasteiger partial charge in [-0.25, -0.2) is 0 Å². The van der Waals surface area contributed by atoms with E-state index >= 15 is 0 Å². The van der Waals surface area contributed by atoms with E-state index in [-0.39, 0.29) is 11.8 Å². The maximum Gasteiger partial charge on any atom is 0.248 e. The molecule has 1 aliphatic rings. The van der Waals surface area contributed by atoms with E-state index in [1.807, 2.05) is 4.90 Å². The Morgan fingerprint density at radius 2 is 1.92 bits per heavy atom. The fourth-order valence-electron chi connectivity index (χ4n) is 2.84. The molecule has 2 amide bonds. The fraction of sp³-hybridized carbons (Fsp3) is 0.294. The van der Waals surface area contributed by atoms with Crippen LogP contribution >= 0.6 is 11.6 Å². The quantitative estimate of drug-likeness (QED) is 0.870. The summed E-state index contributed by atoms with van der Waals surface area (Å²) in [5.41, 5.74) is 6.25. The highest BCUT2D eigenvalue weighted by molar-refractivity contribution is 6.29. The van der Waals surface area contributed by atoms with Crippen LogP contribution < -0.4 is 16.0 Å². The first kappa shape index (κ1) is 17.2. The lowest BCUT2D eigenvalue weighted by Crippen LogP contribution is -2.41. The number of halogens is 1. The van der Waals surface area contributed by atoms with Gasteiger partial charge in [-0.2, -0.15) is 0 Å². The van der Waals surface area contributed by atoms with Crippen molar-refractivity contribution in [3.05, 3.63) is 47.1 Å². The van der Waals surface area contributed by atoms with Crippen molar-refractivity contribution < 1.29 is 9.59 Å². The number of carbonyl (C=O) groups excluding carboxylic acids is 2. The number of piperidine rings is 1. The third-order valence-corrected chi connectivity index (χ3v) is 4.37. The topological polar surface area (TPSA) is 101 Å². The van der Waals surface area contributed by atoms with Crippen LogP contribution in [0.25, 0.3) is 0 Å². The second-order valence-corrected chi connectivity index (χ2v) is 6.32. The normalized spacial score (nSPS) is 17.2. The predicted molar refractivity (Wildman–Crippen MR) is 95.6 cm³/mol. The Morgan fingerprint density at radius 1 is 1.16 bits per heavy atom. The number of rotatable bonds is 4. The predicted octanol–water partition coefficient (Wildman–Crippen LogP) is 2.08. The van der Waals surface area contributed by atoms with Crippen molar-refractivity contribution in [2.45, 2.75) is 12.8 Å². The molecule has 2 heterocycles. The first-order chi connectivity index (χ1) is 12.0. The Bertz CT molecular complexity index is 764. The molecule has 1 aliphatic heterocycles. The summed E-state index contributed by atoms with van der Waals surface area (Å²) < 4.78 is 0. The Kier molecular flexibility index (Phi) is 5.14. The Morgan fingerprint density at radius 3 is 2.56 bits per heavy atom. The van der Waals surface area contributed by atoms with Crippen LogP contribution in [-0.4, -0.2) is 35.1 Å². The number of benzene rings is 1. The van der Waals surface area contributed by atoms with E-state index in [4.69, 9.17) is 17.3 Å². The average Bonchev–Trinajstić information content (AvgIpc) is 2.63. The maximum atomic E-state index is 12.5. The highest BCUT2D eigenvalue weighted by Gasteiger charge is 2.26. The summed E-state index contributed by atoms with van der Waals surface area (Å²) >= 11 is 5.77. The van der Waals surface area contributed by atoms with Gasteiger partial charge >= 0.3 is 0 Å². The molecule has 2 aromatic rings. The summed E-state index contributed by atoms with van der Waals surface area (Å²) in [6, 6.07) is 10.0. The Labute approximate surface area is 150 Å². The molecule has 7 nitrogen and oxygen atoms in total. The van der Waals surface area contributed by atoms with Gasteiger partial charge in [0, 0.05) is 24.3 Å². The van der Waals surface area contributed by atoms with Gasteiger partial charge in [0.15, 0.2) is 11.0 Å². The number of hydrogen-bond donors (Lipinski definition) is 2. The number of primary amides is 1. The first-order valence-electron chi connectivity index (χ1n) is 7.98. The molecule has 1 atom stereocenters. The van der Waals surface area contributed by atoms with Gasteiger partial charge in [-0.1, -0.05) is 11.6 Å². The summed E-state index contributed by atoms with van der Waals surface area (Å²) in [7, 11) is 0. The van der Waals surface area contributed by atoms with Gasteiger partial charge in [-0.15, -0.1) is 10.2 Å². The molecule has 0 unspecified atom stereocenters. The van der Waals surface area contributed by atoms with E-state index in [2.05, 4.69) is 15.5 Å². The van der Waals surface area contributed by atoms with Gasteiger partial charge in [0.05, 0.1) is 5.92 Å². The molecule has 0 spiro atoms. The summed E-state index contributed by atoms with van der Waals surface area (Å²) in [6.07, 6.45) is 1.70. The van der Waals surface area contributed by atoms with Crippen LogP contribution in [0.1, 0.15) is 23.2 Å². The summed E-state index contributed by atoms with van der Waals surface area (Å²) in [5, 5.41) is 11.2. The van der Waals surface area contributed by atoms with Crippen molar-refractivity contribution in [2.75, 3.05) is 23.3 Å². The van der Waals surface area contributed by atoms with Gasteiger partial charge in [0.2, 0.25) is 11.8 Å². The van der Waals surface area contributed by atoms with Crippen LogP contribution in [0.3, 0.4) is 0 Å². The van der Waals surface area contributed by atoms with Crippen molar-refractivity contribution in [1.82, 2.24) is 10.2 Å². The van der Waals surface area contributed by atoms with E-state index in [1.165, 1.54) is 0 Å². The SMILES string of the molecule is NC(=O)c1ccc(NC(=O)[C@H]2CCCN(c3ccc(Cl)nn3)C2)cc1. The van der Waals surface area contributed by atoms with Crippen molar-refractivity contribution in [3.8, 4) is 0 Å². The second-order valence-electron chi connectivity index (χ2n) is 5.93. The number of hydrogen-bond acceptors (Lipinski definition) is 5. The molecule has 1 aromatic carbocycles. The molecule has 0 radical (unpaired) electrons. The van der Waals surface area contributed by atoms with E-state index in [0.29, 0.717) is 28.8 Å². The molecule has 0 saturated carbocycles. The smallest absolute Gasteiger partial charge is 0.248 e. The largest absolute Gasteiger partial charge is 0.366 e. The maximum absolute atomic E-state index is 12.5. The van der Waals surface area contributed by atoms with Gasteiger partial charge < -0.3 is 16.0 Å². The Hall–Kier alpha value is -2.67. The van der Waals surface area contributed by atoms with Crippen molar-refractivity contribution >= 4 is 34.9 Å². The third kappa shape index (κ3) is 4.24.